The second kappa shape index (κ2) is 7.36. The van der Waals surface area contributed by atoms with E-state index in [1.807, 2.05) is 39.0 Å². The van der Waals surface area contributed by atoms with Crippen LogP contribution in [-0.4, -0.2) is 17.5 Å². The molecule has 1 saturated heterocycles. The average molecular weight is 392 g/mol. The van der Waals surface area contributed by atoms with E-state index in [1.165, 1.54) is 0 Å². The van der Waals surface area contributed by atoms with Crippen LogP contribution in [0.25, 0.3) is 0 Å². The van der Waals surface area contributed by atoms with Crippen molar-refractivity contribution >= 4 is 40.1 Å². The van der Waals surface area contributed by atoms with E-state index in [1.54, 1.807) is 21.6 Å². The van der Waals surface area contributed by atoms with Crippen LogP contribution in [0.4, 0.5) is 0 Å². The number of rotatable bonds is 5. The number of hydrogen-bond donors (Lipinski definition) is 0. The zero-order valence-corrected chi connectivity index (χ0v) is 17.5. The predicted octanol–water partition coefficient (Wildman–Crippen LogP) is 4.93. The maximum absolute atomic E-state index is 12.6. The molecule has 23 heavy (non-hydrogen) atoms. The van der Waals surface area contributed by atoms with Gasteiger partial charge in [0.1, 0.15) is 6.72 Å². The Bertz CT molecular complexity index is 572. The molecule has 0 aliphatic carbocycles. The molecular formula is C16H24O3PS3-. The summed E-state index contributed by atoms with van der Waals surface area (Å²) in [4.78, 5) is 12.6. The molecule has 0 spiro atoms. The Morgan fingerprint density at radius 2 is 1.87 bits per heavy atom. The lowest BCUT2D eigenvalue weighted by molar-refractivity contribution is -0.213. The summed E-state index contributed by atoms with van der Waals surface area (Å²) in [6.45, 7) is 7.03. The van der Waals surface area contributed by atoms with Gasteiger partial charge in [-0.05, 0) is 24.8 Å². The molecule has 1 aliphatic rings. The van der Waals surface area contributed by atoms with Crippen LogP contribution in [0.5, 0.6) is 0 Å². The summed E-state index contributed by atoms with van der Waals surface area (Å²) in [5, 5.41) is 0.0886. The normalized spacial score (nSPS) is 26.9. The molecule has 0 aromatic heterocycles. The Kier molecular flexibility index (Phi) is 6.33. The van der Waals surface area contributed by atoms with Gasteiger partial charge in [0.15, 0.2) is 0 Å². The maximum atomic E-state index is 12.6. The molecule has 7 heteroatoms. The van der Waals surface area contributed by atoms with E-state index >= 15 is 0 Å². The second-order valence-corrected chi connectivity index (χ2v) is 13.1. The molecule has 0 N–H and O–H groups in total. The molecule has 1 aromatic rings. The molecule has 2 rings (SSSR count). The van der Waals surface area contributed by atoms with Crippen molar-refractivity contribution in [3.8, 4) is 0 Å². The average Bonchev–Trinajstić information content (AvgIpc) is 2.72. The standard InChI is InChI=1S/C16H25O3PS3/c1-15(2,3)11-18-20(17,21)19-14-13(22-23-16(14,4)5)12-9-7-6-8-10-12/h6-10,13-14H,11H2,1-5H3,(H,17,21)/p-1/t13-,14+,20?/m1/s1. The van der Waals surface area contributed by atoms with Crippen LogP contribution >= 0.6 is 28.3 Å². The molecule has 1 fully saturated rings. The van der Waals surface area contributed by atoms with Gasteiger partial charge in [-0.25, -0.2) is 0 Å². The zero-order chi connectivity index (χ0) is 17.3. The van der Waals surface area contributed by atoms with E-state index in [9.17, 15) is 4.89 Å². The van der Waals surface area contributed by atoms with Crippen molar-refractivity contribution < 1.29 is 13.9 Å². The Morgan fingerprint density at radius 1 is 1.26 bits per heavy atom. The van der Waals surface area contributed by atoms with Crippen molar-refractivity contribution in [1.29, 1.82) is 0 Å². The molecule has 0 bridgehead atoms. The fraction of sp³-hybridized carbons (Fsp3) is 0.625. The van der Waals surface area contributed by atoms with Crippen LogP contribution in [0.15, 0.2) is 30.3 Å². The first kappa shape index (κ1) is 19.8. The van der Waals surface area contributed by atoms with E-state index in [0.29, 0.717) is 6.61 Å². The summed E-state index contributed by atoms with van der Waals surface area (Å²) in [5.41, 5.74) is 1.05. The highest BCUT2D eigenvalue weighted by molar-refractivity contribution is 8.77. The number of benzene rings is 1. The molecule has 3 nitrogen and oxygen atoms in total. The lowest BCUT2D eigenvalue weighted by atomic mass is 9.98. The summed E-state index contributed by atoms with van der Waals surface area (Å²) >= 11 is 5.15. The van der Waals surface area contributed by atoms with Gasteiger partial charge in [-0.15, -0.1) is 0 Å². The van der Waals surface area contributed by atoms with Gasteiger partial charge < -0.3 is 13.9 Å². The van der Waals surface area contributed by atoms with Crippen molar-refractivity contribution in [3.05, 3.63) is 35.9 Å². The molecule has 3 atom stereocenters. The van der Waals surface area contributed by atoms with Gasteiger partial charge in [-0.3, -0.25) is 0 Å². The van der Waals surface area contributed by atoms with Crippen LogP contribution < -0.4 is 4.89 Å². The summed E-state index contributed by atoms with van der Waals surface area (Å²) in [5.74, 6) is 0. The summed E-state index contributed by atoms with van der Waals surface area (Å²) < 4.78 is 11.2. The van der Waals surface area contributed by atoms with Gasteiger partial charge in [0.25, 0.3) is 0 Å². The minimum Gasteiger partial charge on any atom is -0.780 e. The third kappa shape index (κ3) is 5.74. The lowest BCUT2D eigenvalue weighted by Gasteiger charge is -2.38. The zero-order valence-electron chi connectivity index (χ0n) is 14.1. The fourth-order valence-electron chi connectivity index (χ4n) is 2.14. The van der Waals surface area contributed by atoms with Gasteiger partial charge >= 0.3 is 0 Å². The maximum Gasteiger partial charge on any atom is 0.115 e. The van der Waals surface area contributed by atoms with Crippen molar-refractivity contribution in [2.75, 3.05) is 6.61 Å². The molecule has 1 aliphatic heterocycles. The van der Waals surface area contributed by atoms with Crippen LogP contribution in [0, 0.1) is 5.41 Å². The molecule has 0 radical (unpaired) electrons. The molecule has 1 heterocycles. The topological polar surface area (TPSA) is 41.5 Å². The third-order valence-electron chi connectivity index (χ3n) is 3.35. The Morgan fingerprint density at radius 3 is 2.43 bits per heavy atom. The van der Waals surface area contributed by atoms with Crippen molar-refractivity contribution in [2.24, 2.45) is 5.41 Å². The molecule has 130 valence electrons. The smallest absolute Gasteiger partial charge is 0.115 e. The Labute approximate surface area is 152 Å². The minimum absolute atomic E-state index is 0.0886. The first-order chi connectivity index (χ1) is 10.5. The molecular weight excluding hydrogens is 367 g/mol. The predicted molar refractivity (Wildman–Crippen MR) is 103 cm³/mol. The number of hydrogen-bond acceptors (Lipinski definition) is 6. The van der Waals surface area contributed by atoms with Gasteiger partial charge in [0, 0.05) is 4.75 Å². The van der Waals surface area contributed by atoms with Gasteiger partial charge in [-0.1, -0.05) is 84.5 Å². The quantitative estimate of drug-likeness (QED) is 0.523. The highest BCUT2D eigenvalue weighted by atomic mass is 33.1. The Hall–Kier alpha value is 0.450. The van der Waals surface area contributed by atoms with Gasteiger partial charge in [0.05, 0.1) is 18.0 Å². The summed E-state index contributed by atoms with van der Waals surface area (Å²) in [6.07, 6.45) is -0.261. The molecule has 1 aromatic carbocycles. The van der Waals surface area contributed by atoms with Crippen molar-refractivity contribution in [3.63, 3.8) is 0 Å². The summed E-state index contributed by atoms with van der Waals surface area (Å²) in [6, 6.07) is 10.1. The highest BCUT2D eigenvalue weighted by Crippen LogP contribution is 2.62. The fourth-order valence-corrected chi connectivity index (χ4v) is 7.45. The molecule has 0 amide bonds. The van der Waals surface area contributed by atoms with Crippen LogP contribution in [0.3, 0.4) is 0 Å². The van der Waals surface area contributed by atoms with E-state index in [2.05, 4.69) is 26.0 Å². The van der Waals surface area contributed by atoms with Crippen molar-refractivity contribution in [2.45, 2.75) is 50.7 Å². The Balaban J connectivity index is 2.15. The summed E-state index contributed by atoms with van der Waals surface area (Å²) in [7, 11) is 3.49. The SMILES string of the molecule is CC(C)(C)COP([O-])(=S)O[C@H]1[C@@H](c2ccccc2)SSC1(C)C. The highest BCUT2D eigenvalue weighted by Gasteiger charge is 2.46. The minimum atomic E-state index is -3.52. The largest absolute Gasteiger partial charge is 0.780 e. The molecule has 0 saturated carbocycles. The second-order valence-electron chi connectivity index (χ2n) is 7.42. The van der Waals surface area contributed by atoms with Gasteiger partial charge in [-0.2, -0.15) is 0 Å². The first-order valence-corrected chi connectivity index (χ1v) is 12.3. The van der Waals surface area contributed by atoms with Gasteiger partial charge in [0.2, 0.25) is 0 Å². The lowest BCUT2D eigenvalue weighted by Crippen LogP contribution is -2.35. The third-order valence-corrected chi connectivity index (χ3v) is 8.54. The van der Waals surface area contributed by atoms with E-state index in [-0.39, 0.29) is 21.5 Å². The van der Waals surface area contributed by atoms with E-state index in [4.69, 9.17) is 20.9 Å². The van der Waals surface area contributed by atoms with Crippen molar-refractivity contribution in [1.82, 2.24) is 0 Å². The van der Waals surface area contributed by atoms with Crippen LogP contribution in [0.1, 0.15) is 45.4 Å². The first-order valence-electron chi connectivity index (χ1n) is 7.54. The van der Waals surface area contributed by atoms with Crippen LogP contribution in [0.2, 0.25) is 0 Å². The molecule has 1 unspecified atom stereocenters. The monoisotopic (exact) mass is 391 g/mol. The van der Waals surface area contributed by atoms with E-state index in [0.717, 1.165) is 5.56 Å². The van der Waals surface area contributed by atoms with E-state index < -0.39 is 6.72 Å². The van der Waals surface area contributed by atoms with Crippen LogP contribution in [-0.2, 0) is 20.9 Å².